The first kappa shape index (κ1) is 15.3. The average molecular weight is 280 g/mol. The molecule has 1 aromatic rings. The Labute approximate surface area is 120 Å². The molecule has 112 valence electrons. The monoisotopic (exact) mass is 280 g/mol. The Balaban J connectivity index is 1.93. The number of phenols is 1. The Kier molecular flexibility index (Phi) is 5.00. The van der Waals surface area contributed by atoms with Crippen LogP contribution in [0.2, 0.25) is 0 Å². The second-order valence-electron chi connectivity index (χ2n) is 6.10. The van der Waals surface area contributed by atoms with Gasteiger partial charge in [0.05, 0.1) is 0 Å². The Hall–Kier alpha value is -1.13. The maximum atomic E-state index is 13.2. The van der Waals surface area contributed by atoms with Crippen LogP contribution in [0.1, 0.15) is 37.7 Å². The molecule has 0 atom stereocenters. The van der Waals surface area contributed by atoms with E-state index in [1.165, 1.54) is 38.2 Å². The van der Waals surface area contributed by atoms with Gasteiger partial charge in [-0.2, -0.15) is 0 Å². The third kappa shape index (κ3) is 3.70. The summed E-state index contributed by atoms with van der Waals surface area (Å²) in [6, 6.07) is 4.21. The molecular formula is C16H25FN2O. The van der Waals surface area contributed by atoms with Crippen molar-refractivity contribution in [2.45, 2.75) is 44.2 Å². The normalized spacial score (nSPS) is 18.4. The second-order valence-corrected chi connectivity index (χ2v) is 6.10. The number of aromatic hydroxyl groups is 1. The number of likely N-dealkylation sites (N-methyl/N-ethyl adjacent to an activating group) is 1. The van der Waals surface area contributed by atoms with Crippen LogP contribution >= 0.6 is 0 Å². The molecule has 0 unspecified atom stereocenters. The Morgan fingerprint density at radius 2 is 1.90 bits per heavy atom. The number of benzene rings is 1. The molecule has 1 aromatic carbocycles. The van der Waals surface area contributed by atoms with E-state index in [1.54, 1.807) is 6.07 Å². The van der Waals surface area contributed by atoms with Gasteiger partial charge in [0.25, 0.3) is 0 Å². The Morgan fingerprint density at radius 3 is 2.50 bits per heavy atom. The van der Waals surface area contributed by atoms with Gasteiger partial charge in [0.1, 0.15) is 11.6 Å². The van der Waals surface area contributed by atoms with Crippen LogP contribution in [0.25, 0.3) is 0 Å². The third-order valence-electron chi connectivity index (χ3n) is 4.46. The third-order valence-corrected chi connectivity index (χ3v) is 4.46. The van der Waals surface area contributed by atoms with Gasteiger partial charge in [-0.05, 0) is 44.6 Å². The van der Waals surface area contributed by atoms with Gasteiger partial charge < -0.3 is 15.3 Å². The minimum atomic E-state index is -0.387. The first-order valence-electron chi connectivity index (χ1n) is 7.38. The molecule has 3 nitrogen and oxygen atoms in total. The van der Waals surface area contributed by atoms with Gasteiger partial charge in [0.2, 0.25) is 0 Å². The molecule has 1 saturated carbocycles. The predicted molar refractivity (Wildman–Crippen MR) is 79.3 cm³/mol. The molecule has 0 aliphatic heterocycles. The smallest absolute Gasteiger partial charge is 0.127 e. The second kappa shape index (κ2) is 6.55. The summed E-state index contributed by atoms with van der Waals surface area (Å²) in [5.74, 6) is -0.399. The quantitative estimate of drug-likeness (QED) is 0.870. The lowest BCUT2D eigenvalue weighted by molar-refractivity contribution is 0.0984. The zero-order chi connectivity index (χ0) is 14.6. The summed E-state index contributed by atoms with van der Waals surface area (Å²) in [5.41, 5.74) is 1.00. The molecule has 0 saturated heterocycles. The van der Waals surface area contributed by atoms with E-state index in [2.05, 4.69) is 24.3 Å². The van der Waals surface area contributed by atoms with Gasteiger partial charge in [0, 0.05) is 24.7 Å². The zero-order valence-electron chi connectivity index (χ0n) is 12.5. The van der Waals surface area contributed by atoms with Crippen LogP contribution in [0.15, 0.2) is 18.2 Å². The lowest BCUT2D eigenvalue weighted by Gasteiger charge is -2.43. The number of nitrogens with zero attached hydrogens (tertiary/aromatic N) is 1. The molecule has 2 N–H and O–H groups in total. The summed E-state index contributed by atoms with van der Waals surface area (Å²) in [4.78, 5) is 2.32. The predicted octanol–water partition coefficient (Wildman–Crippen LogP) is 2.89. The van der Waals surface area contributed by atoms with Gasteiger partial charge in [-0.15, -0.1) is 0 Å². The van der Waals surface area contributed by atoms with Crippen LogP contribution in [-0.4, -0.2) is 36.2 Å². The van der Waals surface area contributed by atoms with E-state index in [4.69, 9.17) is 0 Å². The van der Waals surface area contributed by atoms with Crippen LogP contribution in [0, 0.1) is 5.82 Å². The van der Waals surface area contributed by atoms with Crippen molar-refractivity contribution < 1.29 is 9.50 Å². The lowest BCUT2D eigenvalue weighted by Crippen LogP contribution is -2.52. The van der Waals surface area contributed by atoms with E-state index in [0.717, 1.165) is 18.2 Å². The minimum absolute atomic E-state index is 0.0122. The molecule has 1 aliphatic carbocycles. The first-order chi connectivity index (χ1) is 9.52. The SMILES string of the molecule is CN(C)C1(CNCc2cc(O)cc(F)c2)CCCCC1. The van der Waals surface area contributed by atoms with Gasteiger partial charge in [-0.25, -0.2) is 4.39 Å². The highest BCUT2D eigenvalue weighted by molar-refractivity contribution is 5.28. The molecular weight excluding hydrogens is 255 g/mol. The van der Waals surface area contributed by atoms with E-state index < -0.39 is 0 Å². The fraction of sp³-hybridized carbons (Fsp3) is 0.625. The standard InChI is InChI=1S/C16H25FN2O/c1-19(2)16(6-4-3-5-7-16)12-18-11-13-8-14(17)10-15(20)9-13/h8-10,18,20H,3-7,11-12H2,1-2H3. The first-order valence-corrected chi connectivity index (χ1v) is 7.38. The summed E-state index contributed by atoms with van der Waals surface area (Å²) < 4.78 is 13.2. The number of hydrogen-bond donors (Lipinski definition) is 2. The number of hydrogen-bond acceptors (Lipinski definition) is 3. The van der Waals surface area contributed by atoms with Crippen molar-refractivity contribution in [2.75, 3.05) is 20.6 Å². The van der Waals surface area contributed by atoms with Crippen molar-refractivity contribution in [3.63, 3.8) is 0 Å². The van der Waals surface area contributed by atoms with Crippen molar-refractivity contribution in [2.24, 2.45) is 0 Å². The van der Waals surface area contributed by atoms with Crippen LogP contribution in [-0.2, 0) is 6.54 Å². The molecule has 1 aliphatic rings. The summed E-state index contributed by atoms with van der Waals surface area (Å²) in [6.07, 6.45) is 6.30. The van der Waals surface area contributed by atoms with Crippen LogP contribution in [0.5, 0.6) is 5.75 Å². The Morgan fingerprint density at radius 1 is 1.20 bits per heavy atom. The maximum Gasteiger partial charge on any atom is 0.127 e. The summed E-state index contributed by atoms with van der Waals surface area (Å²) in [6.45, 7) is 1.48. The number of phenolic OH excluding ortho intramolecular Hbond substituents is 1. The highest BCUT2D eigenvalue weighted by Crippen LogP contribution is 2.31. The van der Waals surface area contributed by atoms with Crippen LogP contribution in [0.4, 0.5) is 4.39 Å². The van der Waals surface area contributed by atoms with E-state index in [0.29, 0.717) is 6.54 Å². The molecule has 20 heavy (non-hydrogen) atoms. The van der Waals surface area contributed by atoms with Gasteiger partial charge in [-0.1, -0.05) is 19.3 Å². The average Bonchev–Trinajstić information content (AvgIpc) is 2.38. The molecule has 0 aromatic heterocycles. The van der Waals surface area contributed by atoms with Crippen molar-refractivity contribution in [3.8, 4) is 5.75 Å². The minimum Gasteiger partial charge on any atom is -0.508 e. The Bertz CT molecular complexity index is 422. The summed E-state index contributed by atoms with van der Waals surface area (Å²) in [5, 5.41) is 12.8. The van der Waals surface area contributed by atoms with Gasteiger partial charge in [-0.3, -0.25) is 0 Å². The van der Waals surface area contributed by atoms with Crippen molar-refractivity contribution in [1.29, 1.82) is 0 Å². The highest BCUT2D eigenvalue weighted by atomic mass is 19.1. The maximum absolute atomic E-state index is 13.2. The van der Waals surface area contributed by atoms with E-state index >= 15 is 0 Å². The van der Waals surface area contributed by atoms with Crippen molar-refractivity contribution in [1.82, 2.24) is 10.2 Å². The fourth-order valence-electron chi connectivity index (χ4n) is 3.17. The number of rotatable bonds is 5. The molecule has 0 heterocycles. The van der Waals surface area contributed by atoms with Crippen LogP contribution in [0.3, 0.4) is 0 Å². The van der Waals surface area contributed by atoms with Crippen molar-refractivity contribution in [3.05, 3.63) is 29.6 Å². The molecule has 1 fully saturated rings. The lowest BCUT2D eigenvalue weighted by atomic mass is 9.80. The highest BCUT2D eigenvalue weighted by Gasteiger charge is 2.33. The summed E-state index contributed by atoms with van der Waals surface area (Å²) >= 11 is 0. The topological polar surface area (TPSA) is 35.5 Å². The summed E-state index contributed by atoms with van der Waals surface area (Å²) in [7, 11) is 4.28. The molecule has 0 spiro atoms. The largest absolute Gasteiger partial charge is 0.508 e. The molecule has 4 heteroatoms. The van der Waals surface area contributed by atoms with Crippen molar-refractivity contribution >= 4 is 0 Å². The zero-order valence-corrected chi connectivity index (χ0v) is 12.5. The molecule has 0 amide bonds. The number of nitrogens with one attached hydrogen (secondary N) is 1. The van der Waals surface area contributed by atoms with E-state index in [-0.39, 0.29) is 17.1 Å². The van der Waals surface area contributed by atoms with E-state index in [1.807, 2.05) is 0 Å². The number of halogens is 1. The van der Waals surface area contributed by atoms with Crippen LogP contribution < -0.4 is 5.32 Å². The molecule has 0 radical (unpaired) electrons. The van der Waals surface area contributed by atoms with E-state index in [9.17, 15) is 9.50 Å². The fourth-order valence-corrected chi connectivity index (χ4v) is 3.17. The van der Waals surface area contributed by atoms with Gasteiger partial charge >= 0.3 is 0 Å². The molecule has 0 bridgehead atoms. The van der Waals surface area contributed by atoms with Gasteiger partial charge in [0.15, 0.2) is 0 Å². The molecule has 2 rings (SSSR count).